The summed E-state index contributed by atoms with van der Waals surface area (Å²) >= 11 is 0. The van der Waals surface area contributed by atoms with E-state index < -0.39 is 0 Å². The fourth-order valence-corrected chi connectivity index (χ4v) is 4.15. The van der Waals surface area contributed by atoms with Crippen LogP contribution in [-0.2, 0) is 36.8 Å². The van der Waals surface area contributed by atoms with Gasteiger partial charge in [-0.05, 0) is 77.7 Å². The van der Waals surface area contributed by atoms with Gasteiger partial charge in [0.15, 0.2) is 11.4 Å². The molecule has 0 bridgehead atoms. The van der Waals surface area contributed by atoms with Gasteiger partial charge in [0.05, 0.1) is 5.60 Å². The molecule has 0 saturated carbocycles. The molecule has 1 aromatic heterocycles. The first-order chi connectivity index (χ1) is 11.0. The maximum absolute atomic E-state index is 12.8. The summed E-state index contributed by atoms with van der Waals surface area (Å²) in [6.07, 6.45) is 11.1. The van der Waals surface area contributed by atoms with Gasteiger partial charge in [0.2, 0.25) is 0 Å². The smallest absolute Gasteiger partial charge is 0.196 e. The Hall–Kier alpha value is -1.09. The maximum Gasteiger partial charge on any atom is 0.196 e. The normalized spacial score (nSPS) is 17.7. The lowest BCUT2D eigenvalue weighted by Crippen LogP contribution is -2.42. The number of hydrogen-bond acceptors (Lipinski definition) is 2. The zero-order valence-corrected chi connectivity index (χ0v) is 15.0. The van der Waals surface area contributed by atoms with Crippen LogP contribution in [0.1, 0.15) is 81.0 Å². The molecule has 0 atom stereocenters. The molecule has 0 radical (unpaired) electrons. The lowest BCUT2D eigenvalue weighted by molar-refractivity contribution is -0.624. The number of rotatable bonds is 4. The molecule has 3 nitrogen and oxygen atoms in total. The Morgan fingerprint density at radius 1 is 0.913 bits per heavy atom. The molecule has 0 saturated heterocycles. The van der Waals surface area contributed by atoms with Crippen molar-refractivity contribution in [3.05, 3.63) is 33.3 Å². The van der Waals surface area contributed by atoms with Crippen LogP contribution in [0.3, 0.4) is 0 Å². The topological polar surface area (TPSA) is 36.2 Å². The Balaban J connectivity index is 1.85. The van der Waals surface area contributed by atoms with Crippen molar-refractivity contribution in [3.63, 3.8) is 0 Å². The summed E-state index contributed by atoms with van der Waals surface area (Å²) in [6, 6.07) is 0. The van der Waals surface area contributed by atoms with E-state index in [0.717, 1.165) is 56.5 Å². The van der Waals surface area contributed by atoms with Gasteiger partial charge < -0.3 is 9.94 Å². The van der Waals surface area contributed by atoms with Gasteiger partial charge in [-0.15, -0.1) is 0 Å². The van der Waals surface area contributed by atoms with Crippen LogP contribution in [-0.4, -0.2) is 12.2 Å². The van der Waals surface area contributed by atoms with E-state index in [9.17, 15) is 5.21 Å². The van der Waals surface area contributed by atoms with Crippen LogP contribution >= 0.6 is 0 Å². The Morgan fingerprint density at radius 3 is 1.96 bits per heavy atom. The number of fused-ring (bicyclic) bond motifs is 2. The first kappa shape index (κ1) is 16.8. The Labute approximate surface area is 140 Å². The van der Waals surface area contributed by atoms with Crippen molar-refractivity contribution in [2.24, 2.45) is 0 Å². The van der Waals surface area contributed by atoms with E-state index in [2.05, 4.69) is 20.8 Å². The van der Waals surface area contributed by atoms with Crippen LogP contribution < -0.4 is 4.73 Å². The van der Waals surface area contributed by atoms with Crippen LogP contribution in [0, 0.1) is 5.21 Å². The molecule has 0 aliphatic heterocycles. The predicted molar refractivity (Wildman–Crippen MR) is 92.7 cm³/mol. The molecule has 1 aromatic rings. The molecule has 1 heterocycles. The summed E-state index contributed by atoms with van der Waals surface area (Å²) < 4.78 is 7.21. The maximum atomic E-state index is 12.8. The number of ether oxygens (including phenoxy) is 1. The van der Waals surface area contributed by atoms with Crippen LogP contribution in [0.15, 0.2) is 0 Å². The monoisotopic (exact) mass is 317 g/mol. The van der Waals surface area contributed by atoms with Crippen LogP contribution in [0.2, 0.25) is 0 Å². The van der Waals surface area contributed by atoms with Crippen molar-refractivity contribution in [1.82, 2.24) is 0 Å². The van der Waals surface area contributed by atoms with Gasteiger partial charge in [-0.1, -0.05) is 0 Å². The second-order valence-electron chi connectivity index (χ2n) is 8.10. The van der Waals surface area contributed by atoms with Crippen molar-refractivity contribution < 1.29 is 9.47 Å². The zero-order valence-electron chi connectivity index (χ0n) is 15.0. The van der Waals surface area contributed by atoms with Crippen LogP contribution in [0.4, 0.5) is 0 Å². The number of nitrogens with zero attached hydrogens (tertiary/aromatic N) is 1. The first-order valence-corrected chi connectivity index (χ1v) is 9.39. The number of aromatic nitrogens is 1. The van der Waals surface area contributed by atoms with E-state index in [0.29, 0.717) is 0 Å². The third-order valence-electron chi connectivity index (χ3n) is 5.20. The highest BCUT2D eigenvalue weighted by Crippen LogP contribution is 2.31. The van der Waals surface area contributed by atoms with Crippen molar-refractivity contribution >= 4 is 0 Å². The molecule has 0 spiro atoms. The van der Waals surface area contributed by atoms with Gasteiger partial charge in [-0.3, -0.25) is 0 Å². The van der Waals surface area contributed by atoms with Gasteiger partial charge in [0.25, 0.3) is 0 Å². The van der Waals surface area contributed by atoms with E-state index in [1.807, 2.05) is 0 Å². The molecule has 2 aliphatic carbocycles. The quantitative estimate of drug-likeness (QED) is 0.481. The largest absolute Gasteiger partial charge is 0.618 e. The average molecular weight is 317 g/mol. The summed E-state index contributed by atoms with van der Waals surface area (Å²) in [4.78, 5) is 0. The summed E-state index contributed by atoms with van der Waals surface area (Å²) in [7, 11) is 0. The van der Waals surface area contributed by atoms with Crippen molar-refractivity contribution in [2.45, 2.75) is 90.6 Å². The summed E-state index contributed by atoms with van der Waals surface area (Å²) in [5, 5.41) is 12.8. The van der Waals surface area contributed by atoms with E-state index in [1.54, 1.807) is 0 Å². The van der Waals surface area contributed by atoms with Gasteiger partial charge in [0, 0.05) is 30.6 Å². The van der Waals surface area contributed by atoms with E-state index in [1.165, 1.54) is 47.1 Å². The van der Waals surface area contributed by atoms with Crippen molar-refractivity contribution in [3.8, 4) is 0 Å². The van der Waals surface area contributed by atoms with Crippen molar-refractivity contribution in [2.75, 3.05) is 6.61 Å². The number of pyridine rings is 1. The lowest BCUT2D eigenvalue weighted by Gasteiger charge is -2.27. The molecule has 0 N–H and O–H groups in total. The second kappa shape index (κ2) is 6.80. The molecule has 128 valence electrons. The summed E-state index contributed by atoms with van der Waals surface area (Å²) in [5.74, 6) is 0. The molecule has 0 fully saturated rings. The first-order valence-electron chi connectivity index (χ1n) is 9.39. The van der Waals surface area contributed by atoms with E-state index in [4.69, 9.17) is 4.74 Å². The predicted octanol–water partition coefficient (Wildman–Crippen LogP) is 3.83. The van der Waals surface area contributed by atoms with E-state index >= 15 is 0 Å². The standard InChI is InChI=1S/C20H31NO2/c1-20(2,3)23-14-8-11-15-16-9-4-6-12-18(16)21(22)19-13-7-5-10-17(15)19/h4-14H2,1-3H3. The molecule has 0 unspecified atom stereocenters. The minimum absolute atomic E-state index is 0.0619. The van der Waals surface area contributed by atoms with Gasteiger partial charge in [0.1, 0.15) is 0 Å². The highest BCUT2D eigenvalue weighted by molar-refractivity contribution is 5.40. The van der Waals surface area contributed by atoms with Gasteiger partial charge >= 0.3 is 0 Å². The zero-order chi connectivity index (χ0) is 16.4. The van der Waals surface area contributed by atoms with Crippen molar-refractivity contribution in [1.29, 1.82) is 0 Å². The lowest BCUT2D eigenvalue weighted by atomic mass is 9.82. The minimum atomic E-state index is -0.0619. The molecular weight excluding hydrogens is 286 g/mol. The molecule has 0 aromatic carbocycles. The Bertz CT molecular complexity index is 535. The highest BCUT2D eigenvalue weighted by atomic mass is 16.5. The Morgan fingerprint density at radius 2 is 1.43 bits per heavy atom. The summed E-state index contributed by atoms with van der Waals surface area (Å²) in [6.45, 7) is 7.14. The minimum Gasteiger partial charge on any atom is -0.618 e. The summed E-state index contributed by atoms with van der Waals surface area (Å²) in [5.41, 5.74) is 6.41. The average Bonchev–Trinajstić information content (AvgIpc) is 2.53. The molecule has 3 heteroatoms. The van der Waals surface area contributed by atoms with Crippen LogP contribution in [0.5, 0.6) is 0 Å². The third-order valence-corrected chi connectivity index (χ3v) is 5.20. The fourth-order valence-electron chi connectivity index (χ4n) is 4.15. The molecule has 23 heavy (non-hydrogen) atoms. The third kappa shape index (κ3) is 3.71. The molecule has 3 rings (SSSR count). The molecular formula is C20H31NO2. The highest BCUT2D eigenvalue weighted by Gasteiger charge is 2.30. The SMILES string of the molecule is CC(C)(C)OCCCc1c2c([n+]([O-])c3c1CCCC3)CCCC2. The van der Waals surface area contributed by atoms with Crippen LogP contribution in [0.25, 0.3) is 0 Å². The number of hydrogen-bond donors (Lipinski definition) is 0. The molecule has 0 amide bonds. The van der Waals surface area contributed by atoms with Gasteiger partial charge in [-0.25, -0.2) is 0 Å². The van der Waals surface area contributed by atoms with E-state index in [-0.39, 0.29) is 5.60 Å². The second-order valence-corrected chi connectivity index (χ2v) is 8.10. The Kier molecular flexibility index (Phi) is 4.96. The fraction of sp³-hybridized carbons (Fsp3) is 0.750. The van der Waals surface area contributed by atoms with Gasteiger partial charge in [-0.2, -0.15) is 4.73 Å². The molecule has 2 aliphatic rings.